The first-order valence-electron chi connectivity index (χ1n) is 17.3. The van der Waals surface area contributed by atoms with Gasteiger partial charge < -0.3 is 24.2 Å². The SMILES string of the molecule is CC1=CC(CCN2CCN(c3nc(-c4ccc(-c5ccc(C(=O)O)c(C6=CCN(C(=O)OC(C)(C)C)CC6)c5)cc4)no3)CC2)=CC(C)C1. The monoisotopic (exact) mass is 665 g/mol. The molecule has 0 spiro atoms. The Labute approximate surface area is 288 Å². The van der Waals surface area contributed by atoms with Crippen LogP contribution in [0.5, 0.6) is 0 Å². The predicted octanol–water partition coefficient (Wildman–Crippen LogP) is 7.55. The van der Waals surface area contributed by atoms with Gasteiger partial charge in [-0.2, -0.15) is 4.98 Å². The summed E-state index contributed by atoms with van der Waals surface area (Å²) in [5.74, 6) is 0.179. The summed E-state index contributed by atoms with van der Waals surface area (Å²) in [6, 6.07) is 13.8. The van der Waals surface area contributed by atoms with Gasteiger partial charge in [0.05, 0.1) is 5.56 Å². The molecule has 6 rings (SSSR count). The van der Waals surface area contributed by atoms with Crippen molar-refractivity contribution >= 4 is 23.7 Å². The Balaban J connectivity index is 1.08. The second kappa shape index (κ2) is 14.4. The van der Waals surface area contributed by atoms with Gasteiger partial charge in [0, 0.05) is 51.4 Å². The molecule has 10 heteroatoms. The molecule has 3 aliphatic rings. The molecule has 1 aliphatic carbocycles. The first kappa shape index (κ1) is 34.2. The van der Waals surface area contributed by atoms with Crippen LogP contribution in [0.3, 0.4) is 0 Å². The van der Waals surface area contributed by atoms with Gasteiger partial charge in [-0.3, -0.25) is 4.90 Å². The standard InChI is InChI=1S/C39H47N5O5/c1-26-22-27(2)24-28(23-26)12-15-42-18-20-43(21-19-42)37-40-35(41-49-37)31-8-6-29(7-9-31)32-10-11-33(36(45)46)34(25-32)30-13-16-44(17-14-30)38(47)48-39(3,4)5/h6-11,13,23-26H,12,14-22H2,1-5H3,(H,45,46). The molecule has 1 N–H and O–H groups in total. The summed E-state index contributed by atoms with van der Waals surface area (Å²) in [6.07, 6.45) is 9.11. The molecule has 3 heterocycles. The van der Waals surface area contributed by atoms with E-state index >= 15 is 0 Å². The first-order valence-corrected chi connectivity index (χ1v) is 17.3. The zero-order chi connectivity index (χ0) is 34.7. The molecule has 3 aromatic rings. The van der Waals surface area contributed by atoms with E-state index in [9.17, 15) is 14.7 Å². The van der Waals surface area contributed by atoms with Gasteiger partial charge in [-0.15, -0.1) is 0 Å². The average Bonchev–Trinajstić information content (AvgIpc) is 3.57. The van der Waals surface area contributed by atoms with Crippen molar-refractivity contribution in [3.05, 3.63) is 83.0 Å². The molecule has 0 bridgehead atoms. The van der Waals surface area contributed by atoms with Gasteiger partial charge in [0.15, 0.2) is 0 Å². The van der Waals surface area contributed by atoms with E-state index < -0.39 is 11.6 Å². The summed E-state index contributed by atoms with van der Waals surface area (Å²) < 4.78 is 11.2. The number of amides is 1. The Bertz CT molecular complexity index is 1770. The molecule has 2 aromatic carbocycles. The first-order chi connectivity index (χ1) is 23.4. The van der Waals surface area contributed by atoms with Crippen LogP contribution >= 0.6 is 0 Å². The number of aromatic carboxylic acids is 1. The normalized spacial score (nSPS) is 18.9. The number of hydrogen-bond donors (Lipinski definition) is 1. The molecular formula is C39H47N5O5. The third kappa shape index (κ3) is 8.48. The van der Waals surface area contributed by atoms with Crippen molar-refractivity contribution in [2.24, 2.45) is 5.92 Å². The Morgan fingerprint density at radius 2 is 1.71 bits per heavy atom. The van der Waals surface area contributed by atoms with Crippen LogP contribution in [-0.4, -0.2) is 88.5 Å². The number of anilines is 1. The lowest BCUT2D eigenvalue weighted by atomic mass is 9.91. The van der Waals surface area contributed by atoms with Crippen molar-refractivity contribution in [1.29, 1.82) is 0 Å². The summed E-state index contributed by atoms with van der Waals surface area (Å²) in [6.45, 7) is 15.5. The minimum Gasteiger partial charge on any atom is -0.478 e. The van der Waals surface area contributed by atoms with E-state index in [-0.39, 0.29) is 11.7 Å². The minimum atomic E-state index is -0.985. The van der Waals surface area contributed by atoms with Crippen LogP contribution in [0, 0.1) is 5.92 Å². The molecule has 0 radical (unpaired) electrons. The van der Waals surface area contributed by atoms with E-state index in [1.165, 1.54) is 17.6 Å². The van der Waals surface area contributed by atoms with Crippen LogP contribution < -0.4 is 4.90 Å². The molecule has 1 atom stereocenters. The Morgan fingerprint density at radius 1 is 1.00 bits per heavy atom. The summed E-state index contributed by atoms with van der Waals surface area (Å²) in [5.41, 5.74) is 6.84. The number of nitrogens with zero attached hydrogens (tertiary/aromatic N) is 5. The summed E-state index contributed by atoms with van der Waals surface area (Å²) in [7, 11) is 0. The van der Waals surface area contributed by atoms with E-state index in [4.69, 9.17) is 14.2 Å². The van der Waals surface area contributed by atoms with Gasteiger partial charge >= 0.3 is 18.1 Å². The number of aromatic nitrogens is 2. The van der Waals surface area contributed by atoms with Crippen LogP contribution in [0.25, 0.3) is 28.1 Å². The van der Waals surface area contributed by atoms with Gasteiger partial charge in [-0.05, 0) is 87.3 Å². The average molecular weight is 666 g/mol. The topological polar surface area (TPSA) is 112 Å². The van der Waals surface area contributed by atoms with Gasteiger partial charge in [0.2, 0.25) is 5.82 Å². The van der Waals surface area contributed by atoms with Crippen LogP contribution in [0.1, 0.15) is 69.8 Å². The Kier molecular flexibility index (Phi) is 10.1. The third-order valence-corrected chi connectivity index (χ3v) is 9.28. The fourth-order valence-corrected chi connectivity index (χ4v) is 6.82. The van der Waals surface area contributed by atoms with Crippen LogP contribution in [-0.2, 0) is 4.74 Å². The number of carboxylic acids is 1. The molecule has 10 nitrogen and oxygen atoms in total. The maximum Gasteiger partial charge on any atom is 0.410 e. The van der Waals surface area contributed by atoms with E-state index in [0.29, 0.717) is 42.8 Å². The molecule has 1 saturated heterocycles. The number of ether oxygens (including phenoxy) is 1. The maximum absolute atomic E-state index is 12.5. The van der Waals surface area contributed by atoms with Gasteiger partial charge in [-0.25, -0.2) is 9.59 Å². The molecule has 2 aliphatic heterocycles. The molecule has 1 amide bonds. The van der Waals surface area contributed by atoms with Crippen LogP contribution in [0.15, 0.2) is 76.4 Å². The predicted molar refractivity (Wildman–Crippen MR) is 191 cm³/mol. The van der Waals surface area contributed by atoms with Crippen LogP contribution in [0.4, 0.5) is 10.8 Å². The zero-order valence-corrected chi connectivity index (χ0v) is 29.2. The molecule has 0 saturated carbocycles. The van der Waals surface area contributed by atoms with Gasteiger partial charge in [0.25, 0.3) is 0 Å². The number of carbonyl (C=O) groups excluding carboxylic acids is 1. The lowest BCUT2D eigenvalue weighted by Crippen LogP contribution is -2.46. The molecule has 1 unspecified atom stereocenters. The molecule has 49 heavy (non-hydrogen) atoms. The summed E-state index contributed by atoms with van der Waals surface area (Å²) in [4.78, 5) is 35.7. The largest absolute Gasteiger partial charge is 0.478 e. The number of rotatable bonds is 8. The van der Waals surface area contributed by atoms with Crippen molar-refractivity contribution in [3.63, 3.8) is 0 Å². The highest BCUT2D eigenvalue weighted by atomic mass is 16.6. The number of allylic oxidation sites excluding steroid dienone is 3. The number of carboxylic acid groups (broad SMARTS) is 1. The van der Waals surface area contributed by atoms with Crippen molar-refractivity contribution in [1.82, 2.24) is 19.9 Å². The van der Waals surface area contributed by atoms with Gasteiger partial charge in [0.1, 0.15) is 5.60 Å². The number of piperazine rings is 1. The minimum absolute atomic E-state index is 0.237. The second-order valence-electron chi connectivity index (χ2n) is 14.4. The highest BCUT2D eigenvalue weighted by Gasteiger charge is 2.26. The second-order valence-corrected chi connectivity index (χ2v) is 14.4. The number of benzene rings is 2. The lowest BCUT2D eigenvalue weighted by Gasteiger charge is -2.33. The Morgan fingerprint density at radius 3 is 2.37 bits per heavy atom. The summed E-state index contributed by atoms with van der Waals surface area (Å²) >= 11 is 0. The number of carbonyl (C=O) groups is 2. The van der Waals surface area contributed by atoms with E-state index in [1.807, 2.05) is 63.2 Å². The van der Waals surface area contributed by atoms with Gasteiger partial charge in [-0.1, -0.05) is 71.8 Å². The highest BCUT2D eigenvalue weighted by Crippen LogP contribution is 2.32. The van der Waals surface area contributed by atoms with E-state index in [0.717, 1.165) is 61.4 Å². The Hall–Kier alpha value is -4.70. The van der Waals surface area contributed by atoms with Crippen molar-refractivity contribution in [2.45, 2.75) is 59.5 Å². The van der Waals surface area contributed by atoms with Crippen molar-refractivity contribution < 1.29 is 24.0 Å². The fraction of sp³-hybridized carbons (Fsp3) is 0.436. The maximum atomic E-state index is 12.5. The fourth-order valence-electron chi connectivity index (χ4n) is 6.82. The molecule has 1 aromatic heterocycles. The van der Waals surface area contributed by atoms with E-state index in [2.05, 4.69) is 41.0 Å². The smallest absolute Gasteiger partial charge is 0.410 e. The van der Waals surface area contributed by atoms with E-state index in [1.54, 1.807) is 11.0 Å². The lowest BCUT2D eigenvalue weighted by molar-refractivity contribution is 0.0270. The molecule has 258 valence electrons. The highest BCUT2D eigenvalue weighted by molar-refractivity contribution is 5.95. The third-order valence-electron chi connectivity index (χ3n) is 9.28. The number of hydrogen-bond acceptors (Lipinski definition) is 8. The van der Waals surface area contributed by atoms with Crippen LogP contribution in [0.2, 0.25) is 0 Å². The summed E-state index contributed by atoms with van der Waals surface area (Å²) in [5, 5.41) is 14.2. The molecular weight excluding hydrogens is 618 g/mol. The van der Waals surface area contributed by atoms with Crippen molar-refractivity contribution in [3.8, 4) is 22.5 Å². The molecule has 1 fully saturated rings. The quantitative estimate of drug-likeness (QED) is 0.261. The van der Waals surface area contributed by atoms with Crippen molar-refractivity contribution in [2.75, 3.05) is 50.7 Å². The zero-order valence-electron chi connectivity index (χ0n) is 29.2.